The number of hydrogen-bond donors (Lipinski definition) is 3. The Morgan fingerprint density at radius 3 is 3.12 bits per heavy atom. The maximum absolute atomic E-state index is 10.9. The van der Waals surface area contributed by atoms with Crippen molar-refractivity contribution < 1.29 is 14.6 Å². The van der Waals surface area contributed by atoms with Crippen molar-refractivity contribution in [3.8, 4) is 0 Å². The summed E-state index contributed by atoms with van der Waals surface area (Å²) in [5.74, 6) is -0.231. The van der Waals surface area contributed by atoms with Crippen LogP contribution < -0.4 is 11.1 Å². The molecule has 0 spiro atoms. The maximum Gasteiger partial charge on any atom is 0.234 e. The summed E-state index contributed by atoms with van der Waals surface area (Å²) in [6.07, 6.45) is 1.72. The first-order valence-corrected chi connectivity index (χ1v) is 5.30. The van der Waals surface area contributed by atoms with Crippen molar-refractivity contribution in [3.63, 3.8) is 0 Å². The van der Waals surface area contributed by atoms with Gasteiger partial charge in [-0.1, -0.05) is 5.21 Å². The smallest absolute Gasteiger partial charge is 0.234 e. The third kappa shape index (κ3) is 5.38. The van der Waals surface area contributed by atoms with Crippen molar-refractivity contribution in [2.45, 2.75) is 13.1 Å². The summed E-state index contributed by atoms with van der Waals surface area (Å²) in [6.45, 7) is 1.61. The van der Waals surface area contributed by atoms with E-state index in [1.54, 1.807) is 10.9 Å². The highest BCUT2D eigenvalue weighted by Crippen LogP contribution is 1.92. The van der Waals surface area contributed by atoms with Crippen molar-refractivity contribution in [1.29, 1.82) is 0 Å². The number of nitrogens with zero attached hydrogens (tertiary/aromatic N) is 3. The van der Waals surface area contributed by atoms with Crippen LogP contribution in [0, 0.1) is 0 Å². The van der Waals surface area contributed by atoms with Crippen molar-refractivity contribution in [2.75, 3.05) is 26.4 Å². The molecule has 0 fully saturated rings. The van der Waals surface area contributed by atoms with E-state index in [0.29, 0.717) is 32.0 Å². The van der Waals surface area contributed by atoms with E-state index in [9.17, 15) is 4.79 Å². The molecule has 0 aromatic carbocycles. The van der Waals surface area contributed by atoms with Gasteiger partial charge in [-0.15, -0.1) is 5.10 Å². The number of nitrogens with two attached hydrogens (primary N) is 1. The normalized spacial score (nSPS) is 10.5. The minimum atomic E-state index is -0.231. The molecule has 0 aliphatic carbocycles. The van der Waals surface area contributed by atoms with Gasteiger partial charge >= 0.3 is 0 Å². The summed E-state index contributed by atoms with van der Waals surface area (Å²) >= 11 is 0. The van der Waals surface area contributed by atoms with Crippen LogP contribution in [0.3, 0.4) is 0 Å². The van der Waals surface area contributed by atoms with Gasteiger partial charge in [0.05, 0.1) is 45.7 Å². The van der Waals surface area contributed by atoms with Gasteiger partial charge < -0.3 is 20.9 Å². The number of amides is 1. The standard InChI is InChI=1S/C9H17N5O3/c10-5-9(16)11-6-8-7-14(13-12-8)1-3-17-4-2-15/h7,15H,1-6,10H2,(H,11,16). The van der Waals surface area contributed by atoms with E-state index in [1.807, 2.05) is 0 Å². The van der Waals surface area contributed by atoms with E-state index in [0.717, 1.165) is 0 Å². The van der Waals surface area contributed by atoms with Crippen LogP contribution in [-0.4, -0.2) is 52.4 Å². The lowest BCUT2D eigenvalue weighted by molar-refractivity contribution is -0.119. The molecule has 0 saturated heterocycles. The molecule has 1 aromatic rings. The lowest BCUT2D eigenvalue weighted by atomic mass is 10.4. The molecule has 0 unspecified atom stereocenters. The Hall–Kier alpha value is -1.51. The molecule has 1 rings (SSSR count). The summed E-state index contributed by atoms with van der Waals surface area (Å²) in [7, 11) is 0. The van der Waals surface area contributed by atoms with Gasteiger partial charge in [0.25, 0.3) is 0 Å². The number of aliphatic hydroxyl groups is 1. The molecule has 1 aromatic heterocycles. The predicted octanol–water partition coefficient (Wildman–Crippen LogP) is -2.14. The van der Waals surface area contributed by atoms with E-state index >= 15 is 0 Å². The molecule has 1 heterocycles. The number of aromatic nitrogens is 3. The van der Waals surface area contributed by atoms with E-state index in [1.165, 1.54) is 0 Å². The van der Waals surface area contributed by atoms with Crippen LogP contribution in [0.5, 0.6) is 0 Å². The third-order valence-electron chi connectivity index (χ3n) is 1.94. The summed E-state index contributed by atoms with van der Waals surface area (Å²) in [5, 5.41) is 18.8. The highest BCUT2D eigenvalue weighted by molar-refractivity contribution is 5.77. The Morgan fingerprint density at radius 1 is 1.59 bits per heavy atom. The fraction of sp³-hybridized carbons (Fsp3) is 0.667. The molecule has 0 aliphatic rings. The van der Waals surface area contributed by atoms with Crippen LogP contribution in [0.2, 0.25) is 0 Å². The average Bonchev–Trinajstić information content (AvgIpc) is 2.79. The molecule has 17 heavy (non-hydrogen) atoms. The molecule has 0 bridgehead atoms. The Balaban J connectivity index is 2.25. The molecular weight excluding hydrogens is 226 g/mol. The highest BCUT2D eigenvalue weighted by Gasteiger charge is 2.02. The fourth-order valence-corrected chi connectivity index (χ4v) is 1.11. The van der Waals surface area contributed by atoms with E-state index in [4.69, 9.17) is 15.6 Å². The Kier molecular flexibility index (Phi) is 6.15. The average molecular weight is 243 g/mol. The van der Waals surface area contributed by atoms with Crippen molar-refractivity contribution >= 4 is 5.91 Å². The van der Waals surface area contributed by atoms with Crippen molar-refractivity contribution in [2.24, 2.45) is 5.73 Å². The van der Waals surface area contributed by atoms with Gasteiger partial charge in [-0.25, -0.2) is 4.68 Å². The molecule has 96 valence electrons. The molecule has 8 nitrogen and oxygen atoms in total. The van der Waals surface area contributed by atoms with E-state index in [2.05, 4.69) is 15.6 Å². The number of aliphatic hydroxyl groups excluding tert-OH is 1. The second-order valence-electron chi connectivity index (χ2n) is 3.29. The predicted molar refractivity (Wildman–Crippen MR) is 58.8 cm³/mol. The lowest BCUT2D eigenvalue weighted by Gasteiger charge is -2.01. The molecule has 0 radical (unpaired) electrons. The van der Waals surface area contributed by atoms with Gasteiger partial charge in [0.1, 0.15) is 5.69 Å². The van der Waals surface area contributed by atoms with Crippen molar-refractivity contribution in [3.05, 3.63) is 11.9 Å². The van der Waals surface area contributed by atoms with Crippen LogP contribution in [0.25, 0.3) is 0 Å². The largest absolute Gasteiger partial charge is 0.394 e. The maximum atomic E-state index is 10.9. The Morgan fingerprint density at radius 2 is 2.41 bits per heavy atom. The first-order valence-electron chi connectivity index (χ1n) is 5.30. The minimum absolute atomic E-state index is 0.00767. The zero-order valence-electron chi connectivity index (χ0n) is 9.50. The Labute approximate surface area is 98.7 Å². The molecule has 1 amide bonds. The van der Waals surface area contributed by atoms with Gasteiger partial charge in [0.15, 0.2) is 0 Å². The monoisotopic (exact) mass is 243 g/mol. The molecule has 0 saturated carbocycles. The van der Waals surface area contributed by atoms with Crippen LogP contribution >= 0.6 is 0 Å². The zero-order chi connectivity index (χ0) is 12.5. The van der Waals surface area contributed by atoms with Crippen LogP contribution in [0.15, 0.2) is 6.20 Å². The minimum Gasteiger partial charge on any atom is -0.394 e. The number of rotatable bonds is 8. The first-order chi connectivity index (χ1) is 8.26. The fourth-order valence-electron chi connectivity index (χ4n) is 1.11. The summed E-state index contributed by atoms with van der Waals surface area (Å²) < 4.78 is 6.70. The summed E-state index contributed by atoms with van der Waals surface area (Å²) in [4.78, 5) is 10.9. The van der Waals surface area contributed by atoms with Crippen LogP contribution in [-0.2, 0) is 22.6 Å². The highest BCUT2D eigenvalue weighted by atomic mass is 16.5. The second kappa shape index (κ2) is 7.71. The van der Waals surface area contributed by atoms with Crippen LogP contribution in [0.1, 0.15) is 5.69 Å². The molecule has 0 atom stereocenters. The van der Waals surface area contributed by atoms with Crippen molar-refractivity contribution in [1.82, 2.24) is 20.3 Å². The summed E-state index contributed by atoms with van der Waals surface area (Å²) in [6, 6.07) is 0. The number of nitrogens with one attached hydrogen (secondary N) is 1. The number of carbonyl (C=O) groups excluding carboxylic acids is 1. The van der Waals surface area contributed by atoms with E-state index < -0.39 is 0 Å². The zero-order valence-corrected chi connectivity index (χ0v) is 9.50. The topological polar surface area (TPSA) is 115 Å². The quantitative estimate of drug-likeness (QED) is 0.449. The number of carbonyl (C=O) groups is 1. The molecule has 8 heteroatoms. The van der Waals surface area contributed by atoms with Gasteiger partial charge in [0.2, 0.25) is 5.91 Å². The van der Waals surface area contributed by atoms with Crippen LogP contribution in [0.4, 0.5) is 0 Å². The van der Waals surface area contributed by atoms with Gasteiger partial charge in [0, 0.05) is 0 Å². The van der Waals surface area contributed by atoms with E-state index in [-0.39, 0.29) is 19.1 Å². The molecular formula is C9H17N5O3. The van der Waals surface area contributed by atoms with Gasteiger partial charge in [-0.2, -0.15) is 0 Å². The number of ether oxygens (including phenoxy) is 1. The first kappa shape index (κ1) is 13.6. The second-order valence-corrected chi connectivity index (χ2v) is 3.29. The number of hydrogen-bond acceptors (Lipinski definition) is 6. The van der Waals surface area contributed by atoms with Gasteiger partial charge in [-0.3, -0.25) is 4.79 Å². The summed E-state index contributed by atoms with van der Waals surface area (Å²) in [5.41, 5.74) is 5.81. The SMILES string of the molecule is NCC(=O)NCc1cn(CCOCCO)nn1. The molecule has 4 N–H and O–H groups in total. The third-order valence-corrected chi connectivity index (χ3v) is 1.94. The lowest BCUT2D eigenvalue weighted by Crippen LogP contribution is -2.29. The van der Waals surface area contributed by atoms with Gasteiger partial charge in [-0.05, 0) is 0 Å². The molecule has 0 aliphatic heterocycles. The Bertz CT molecular complexity index is 341.